The molecular formula is C21H26N4O4. The van der Waals surface area contributed by atoms with Crippen LogP contribution in [-0.2, 0) is 14.4 Å². The molecule has 0 unspecified atom stereocenters. The molecule has 0 aromatic heterocycles. The molecular weight excluding hydrogens is 372 g/mol. The summed E-state index contributed by atoms with van der Waals surface area (Å²) in [7, 11) is 0. The summed E-state index contributed by atoms with van der Waals surface area (Å²) in [5.74, 6) is -0.343. The molecule has 2 aliphatic heterocycles. The standard InChI is InChI=1S/C21H26N4O4/c1-13-7-9-21(10-8-13)19(28)24(20(29)23-21)12-18(27)25-14(2)11-17(26)22-15-5-3-4-6-16(15)25/h3-6,13-14H,7-12H2,1-2H3,(H,22,26)(H,23,29)/t13?,14-,21?/m1/s1. The van der Waals surface area contributed by atoms with Crippen molar-refractivity contribution in [3.63, 3.8) is 0 Å². The molecule has 0 bridgehead atoms. The van der Waals surface area contributed by atoms with Gasteiger partial charge in [0.1, 0.15) is 12.1 Å². The van der Waals surface area contributed by atoms with E-state index in [0.29, 0.717) is 30.1 Å². The fraction of sp³-hybridized carbons (Fsp3) is 0.524. The van der Waals surface area contributed by atoms with Gasteiger partial charge in [0.05, 0.1) is 11.4 Å². The van der Waals surface area contributed by atoms with Crippen molar-refractivity contribution in [2.24, 2.45) is 5.92 Å². The number of para-hydroxylation sites is 2. The fourth-order valence-corrected chi connectivity index (χ4v) is 4.59. The van der Waals surface area contributed by atoms with E-state index in [1.165, 1.54) is 4.90 Å². The summed E-state index contributed by atoms with van der Waals surface area (Å²) < 4.78 is 0. The Morgan fingerprint density at radius 2 is 1.83 bits per heavy atom. The van der Waals surface area contributed by atoms with Crippen molar-refractivity contribution in [1.29, 1.82) is 0 Å². The number of urea groups is 1. The Morgan fingerprint density at radius 3 is 2.55 bits per heavy atom. The van der Waals surface area contributed by atoms with E-state index in [9.17, 15) is 19.2 Å². The number of fused-ring (bicyclic) bond motifs is 1. The van der Waals surface area contributed by atoms with E-state index in [0.717, 1.165) is 17.7 Å². The minimum absolute atomic E-state index is 0.141. The maximum Gasteiger partial charge on any atom is 0.325 e. The topological polar surface area (TPSA) is 98.8 Å². The van der Waals surface area contributed by atoms with Crippen LogP contribution in [0.1, 0.15) is 46.0 Å². The van der Waals surface area contributed by atoms with Crippen molar-refractivity contribution < 1.29 is 19.2 Å². The number of anilines is 2. The molecule has 5 amide bonds. The molecule has 1 saturated heterocycles. The van der Waals surface area contributed by atoms with Crippen LogP contribution in [0.3, 0.4) is 0 Å². The summed E-state index contributed by atoms with van der Waals surface area (Å²) in [6.07, 6.45) is 3.09. The average molecular weight is 398 g/mol. The zero-order valence-corrected chi connectivity index (χ0v) is 16.7. The van der Waals surface area contributed by atoms with Crippen molar-refractivity contribution in [3.05, 3.63) is 24.3 Å². The predicted molar refractivity (Wildman–Crippen MR) is 107 cm³/mol. The first-order valence-corrected chi connectivity index (χ1v) is 10.2. The van der Waals surface area contributed by atoms with Gasteiger partial charge in [-0.3, -0.25) is 19.3 Å². The minimum Gasteiger partial charge on any atom is -0.324 e. The third kappa shape index (κ3) is 3.36. The van der Waals surface area contributed by atoms with Crippen molar-refractivity contribution in [1.82, 2.24) is 10.2 Å². The van der Waals surface area contributed by atoms with Crippen molar-refractivity contribution in [2.75, 3.05) is 16.8 Å². The summed E-state index contributed by atoms with van der Waals surface area (Å²) >= 11 is 0. The van der Waals surface area contributed by atoms with Crippen LogP contribution in [0.25, 0.3) is 0 Å². The van der Waals surface area contributed by atoms with Crippen LogP contribution in [0.4, 0.5) is 16.2 Å². The summed E-state index contributed by atoms with van der Waals surface area (Å²) in [4.78, 5) is 53.5. The Balaban J connectivity index is 1.57. The van der Waals surface area contributed by atoms with E-state index in [1.807, 2.05) is 0 Å². The van der Waals surface area contributed by atoms with E-state index in [-0.39, 0.29) is 30.7 Å². The summed E-state index contributed by atoms with van der Waals surface area (Å²) in [6.45, 7) is 3.59. The Morgan fingerprint density at radius 1 is 1.14 bits per heavy atom. The van der Waals surface area contributed by atoms with Crippen LogP contribution in [0, 0.1) is 5.92 Å². The van der Waals surface area contributed by atoms with E-state index >= 15 is 0 Å². The third-order valence-electron chi connectivity index (χ3n) is 6.30. The number of hydrogen-bond donors (Lipinski definition) is 2. The van der Waals surface area contributed by atoms with Gasteiger partial charge in [0.15, 0.2) is 0 Å². The number of nitrogens with one attached hydrogen (secondary N) is 2. The number of hydrogen-bond acceptors (Lipinski definition) is 4. The molecule has 2 N–H and O–H groups in total. The number of carbonyl (C=O) groups excluding carboxylic acids is 4. The van der Waals surface area contributed by atoms with Crippen LogP contribution in [0.2, 0.25) is 0 Å². The molecule has 1 spiro atoms. The molecule has 0 radical (unpaired) electrons. The highest BCUT2D eigenvalue weighted by molar-refractivity contribution is 6.11. The third-order valence-corrected chi connectivity index (χ3v) is 6.30. The molecule has 3 aliphatic rings. The lowest BCUT2D eigenvalue weighted by Crippen LogP contribution is -2.50. The maximum atomic E-state index is 13.2. The van der Waals surface area contributed by atoms with E-state index < -0.39 is 17.6 Å². The van der Waals surface area contributed by atoms with Crippen molar-refractivity contribution >= 4 is 35.1 Å². The lowest BCUT2D eigenvalue weighted by molar-refractivity contribution is -0.135. The lowest BCUT2D eigenvalue weighted by atomic mass is 9.77. The summed E-state index contributed by atoms with van der Waals surface area (Å²) in [5.41, 5.74) is 0.248. The predicted octanol–water partition coefficient (Wildman–Crippen LogP) is 2.25. The Kier molecular flexibility index (Phi) is 4.80. The number of imide groups is 1. The highest BCUT2D eigenvalue weighted by Gasteiger charge is 2.52. The largest absolute Gasteiger partial charge is 0.325 e. The molecule has 2 fully saturated rings. The smallest absolute Gasteiger partial charge is 0.324 e. The van der Waals surface area contributed by atoms with E-state index in [1.54, 1.807) is 31.2 Å². The quantitative estimate of drug-likeness (QED) is 0.747. The van der Waals surface area contributed by atoms with Gasteiger partial charge in [-0.25, -0.2) is 4.79 Å². The number of carbonyl (C=O) groups is 4. The Hall–Kier alpha value is -2.90. The van der Waals surface area contributed by atoms with Gasteiger partial charge < -0.3 is 15.5 Å². The van der Waals surface area contributed by atoms with Crippen molar-refractivity contribution in [2.45, 2.75) is 57.5 Å². The van der Waals surface area contributed by atoms with Crippen LogP contribution in [0.5, 0.6) is 0 Å². The molecule has 1 atom stereocenters. The molecule has 29 heavy (non-hydrogen) atoms. The SMILES string of the molecule is CC1CCC2(CC1)NC(=O)N(CC(=O)N1c3ccccc3NC(=O)C[C@H]1C)C2=O. The first kappa shape index (κ1) is 19.4. The van der Waals surface area contributed by atoms with E-state index in [4.69, 9.17) is 0 Å². The normalized spacial score (nSPS) is 29.4. The summed E-state index contributed by atoms with van der Waals surface area (Å²) in [5, 5.41) is 5.65. The van der Waals surface area contributed by atoms with Crippen LogP contribution >= 0.6 is 0 Å². The molecule has 154 valence electrons. The second-order valence-electron chi connectivity index (χ2n) is 8.47. The Bertz CT molecular complexity index is 875. The van der Waals surface area contributed by atoms with Crippen LogP contribution in [-0.4, -0.2) is 46.8 Å². The van der Waals surface area contributed by atoms with Gasteiger partial charge in [-0.15, -0.1) is 0 Å². The maximum absolute atomic E-state index is 13.2. The zero-order valence-electron chi connectivity index (χ0n) is 16.7. The molecule has 8 heteroatoms. The highest BCUT2D eigenvalue weighted by atomic mass is 16.2. The van der Waals surface area contributed by atoms with Gasteiger partial charge in [-0.2, -0.15) is 0 Å². The van der Waals surface area contributed by atoms with Crippen LogP contribution < -0.4 is 15.5 Å². The first-order chi connectivity index (χ1) is 13.8. The van der Waals surface area contributed by atoms with E-state index in [2.05, 4.69) is 17.6 Å². The Labute approximate surface area is 169 Å². The van der Waals surface area contributed by atoms with Gasteiger partial charge in [-0.05, 0) is 50.7 Å². The fourth-order valence-electron chi connectivity index (χ4n) is 4.59. The van der Waals surface area contributed by atoms with Crippen LogP contribution in [0.15, 0.2) is 24.3 Å². The molecule has 1 aromatic rings. The second kappa shape index (κ2) is 7.17. The van der Waals surface area contributed by atoms with Gasteiger partial charge in [0.2, 0.25) is 11.8 Å². The minimum atomic E-state index is -0.871. The number of benzene rings is 1. The summed E-state index contributed by atoms with van der Waals surface area (Å²) in [6, 6.07) is 6.15. The highest BCUT2D eigenvalue weighted by Crippen LogP contribution is 2.37. The molecule has 8 nitrogen and oxygen atoms in total. The molecule has 1 aromatic carbocycles. The number of rotatable bonds is 2. The van der Waals surface area contributed by atoms with Gasteiger partial charge in [0, 0.05) is 12.5 Å². The average Bonchev–Trinajstić information content (AvgIpc) is 2.81. The molecule has 4 rings (SSSR count). The molecule has 1 saturated carbocycles. The van der Waals surface area contributed by atoms with Gasteiger partial charge in [-0.1, -0.05) is 19.1 Å². The lowest BCUT2D eigenvalue weighted by Gasteiger charge is -2.33. The monoisotopic (exact) mass is 398 g/mol. The number of nitrogens with zero attached hydrogens (tertiary/aromatic N) is 2. The number of amides is 5. The van der Waals surface area contributed by atoms with Crippen molar-refractivity contribution in [3.8, 4) is 0 Å². The zero-order chi connectivity index (χ0) is 20.8. The second-order valence-corrected chi connectivity index (χ2v) is 8.47. The van der Waals surface area contributed by atoms with Gasteiger partial charge in [0.25, 0.3) is 5.91 Å². The first-order valence-electron chi connectivity index (χ1n) is 10.2. The molecule has 2 heterocycles. The molecule has 1 aliphatic carbocycles. The van der Waals surface area contributed by atoms with Gasteiger partial charge >= 0.3 is 6.03 Å².